The molecule has 29 heavy (non-hydrogen) atoms. The number of anilines is 1. The van der Waals surface area contributed by atoms with Crippen LogP contribution in [0.1, 0.15) is 25.8 Å². The first kappa shape index (κ1) is 20.1. The molecule has 0 radical (unpaired) electrons. The zero-order valence-corrected chi connectivity index (χ0v) is 16.9. The normalized spacial score (nSPS) is 11.0. The minimum Gasteiger partial charge on any atom is -0.494 e. The van der Waals surface area contributed by atoms with Crippen LogP contribution in [0.3, 0.4) is 0 Å². The van der Waals surface area contributed by atoms with Crippen molar-refractivity contribution in [3.8, 4) is 22.9 Å². The number of nitriles is 1. The van der Waals surface area contributed by atoms with Gasteiger partial charge in [0.25, 0.3) is 5.56 Å². The standard InChI is InChI=1S/C21H23N5O3/c1-12(2)9-10-29-14-7-5-13(6-8-14)16-15(11-22)18(23)24-19-17(16)20(27)26(4)21(28)25(19)3/h5-8,12H,9-10H2,1-4H3,(H2,23,24). The Labute approximate surface area is 167 Å². The Kier molecular flexibility index (Phi) is 5.41. The molecule has 0 amide bonds. The molecular weight excluding hydrogens is 370 g/mol. The maximum Gasteiger partial charge on any atom is 0.332 e. The molecule has 1 aromatic carbocycles. The van der Waals surface area contributed by atoms with Crippen LogP contribution < -0.4 is 21.7 Å². The van der Waals surface area contributed by atoms with E-state index >= 15 is 0 Å². The largest absolute Gasteiger partial charge is 0.494 e. The SMILES string of the molecule is CC(C)CCOc1ccc(-c2c(C#N)c(N)nc3c2c(=O)n(C)c(=O)n3C)cc1. The second kappa shape index (κ2) is 7.80. The number of rotatable bonds is 5. The highest BCUT2D eigenvalue weighted by atomic mass is 16.5. The molecule has 0 saturated heterocycles. The number of aryl methyl sites for hydroxylation is 1. The molecule has 0 atom stereocenters. The van der Waals surface area contributed by atoms with E-state index in [1.165, 1.54) is 18.7 Å². The van der Waals surface area contributed by atoms with E-state index in [4.69, 9.17) is 10.5 Å². The minimum absolute atomic E-state index is 0.0319. The van der Waals surface area contributed by atoms with Crippen LogP contribution in [-0.4, -0.2) is 20.7 Å². The van der Waals surface area contributed by atoms with E-state index in [0.717, 1.165) is 11.0 Å². The summed E-state index contributed by atoms with van der Waals surface area (Å²) in [5.74, 6) is 1.21. The topological polar surface area (TPSA) is 116 Å². The second-order valence-electron chi connectivity index (χ2n) is 7.32. The van der Waals surface area contributed by atoms with Crippen molar-refractivity contribution in [2.45, 2.75) is 20.3 Å². The van der Waals surface area contributed by atoms with Crippen LogP contribution in [0.15, 0.2) is 33.9 Å². The lowest BCUT2D eigenvalue weighted by Crippen LogP contribution is -2.37. The number of nitrogens with two attached hydrogens (primary N) is 1. The number of nitrogen functional groups attached to an aromatic ring is 1. The van der Waals surface area contributed by atoms with Crippen LogP contribution in [0.2, 0.25) is 0 Å². The molecule has 0 aliphatic heterocycles. The third-order valence-electron chi connectivity index (χ3n) is 4.83. The molecular formula is C21H23N5O3. The Hall–Kier alpha value is -3.60. The monoisotopic (exact) mass is 393 g/mol. The van der Waals surface area contributed by atoms with Crippen LogP contribution in [0.5, 0.6) is 5.75 Å². The van der Waals surface area contributed by atoms with Crippen molar-refractivity contribution in [3.63, 3.8) is 0 Å². The van der Waals surface area contributed by atoms with E-state index in [-0.39, 0.29) is 22.4 Å². The quantitative estimate of drug-likeness (QED) is 0.710. The maximum atomic E-state index is 12.9. The summed E-state index contributed by atoms with van der Waals surface area (Å²) in [7, 11) is 2.90. The lowest BCUT2D eigenvalue weighted by Gasteiger charge is -2.14. The van der Waals surface area contributed by atoms with Crippen LogP contribution in [0.25, 0.3) is 22.2 Å². The second-order valence-corrected chi connectivity index (χ2v) is 7.32. The average molecular weight is 393 g/mol. The highest BCUT2D eigenvalue weighted by molar-refractivity contribution is 5.97. The smallest absolute Gasteiger partial charge is 0.332 e. The first-order valence-electron chi connectivity index (χ1n) is 9.28. The fourth-order valence-electron chi connectivity index (χ4n) is 3.14. The first-order valence-corrected chi connectivity index (χ1v) is 9.28. The number of ether oxygens (including phenoxy) is 1. The molecule has 3 aromatic rings. The van der Waals surface area contributed by atoms with Gasteiger partial charge in [-0.1, -0.05) is 26.0 Å². The Balaban J connectivity index is 2.22. The third-order valence-corrected chi connectivity index (χ3v) is 4.83. The molecule has 8 nitrogen and oxygen atoms in total. The Morgan fingerprint density at radius 2 is 1.83 bits per heavy atom. The predicted octanol–water partition coefficient (Wildman–Crippen LogP) is 2.18. The lowest BCUT2D eigenvalue weighted by atomic mass is 9.97. The lowest BCUT2D eigenvalue weighted by molar-refractivity contribution is 0.289. The van der Waals surface area contributed by atoms with Crippen molar-refractivity contribution in [2.24, 2.45) is 20.0 Å². The van der Waals surface area contributed by atoms with E-state index in [2.05, 4.69) is 18.8 Å². The molecule has 0 aliphatic rings. The molecule has 0 bridgehead atoms. The molecule has 150 valence electrons. The van der Waals surface area contributed by atoms with Crippen molar-refractivity contribution < 1.29 is 4.74 Å². The van der Waals surface area contributed by atoms with Gasteiger partial charge in [-0.2, -0.15) is 5.26 Å². The number of benzene rings is 1. The van der Waals surface area contributed by atoms with Gasteiger partial charge in [0, 0.05) is 19.7 Å². The zero-order chi connectivity index (χ0) is 21.3. The molecule has 0 saturated carbocycles. The van der Waals surface area contributed by atoms with Crippen LogP contribution in [0.4, 0.5) is 5.82 Å². The highest BCUT2D eigenvalue weighted by Crippen LogP contribution is 2.32. The van der Waals surface area contributed by atoms with Gasteiger partial charge in [-0.25, -0.2) is 9.78 Å². The molecule has 0 spiro atoms. The van der Waals surface area contributed by atoms with Gasteiger partial charge >= 0.3 is 5.69 Å². The average Bonchev–Trinajstić information content (AvgIpc) is 2.70. The highest BCUT2D eigenvalue weighted by Gasteiger charge is 2.21. The number of hydrogen-bond donors (Lipinski definition) is 1. The number of pyridine rings is 1. The van der Waals surface area contributed by atoms with Crippen LogP contribution in [-0.2, 0) is 14.1 Å². The number of nitrogens with zero attached hydrogens (tertiary/aromatic N) is 4. The third kappa shape index (κ3) is 3.59. The van der Waals surface area contributed by atoms with Crippen molar-refractivity contribution >= 4 is 16.9 Å². The summed E-state index contributed by atoms with van der Waals surface area (Å²) >= 11 is 0. The maximum absolute atomic E-state index is 12.9. The predicted molar refractivity (Wildman–Crippen MR) is 112 cm³/mol. The van der Waals surface area contributed by atoms with E-state index < -0.39 is 11.2 Å². The van der Waals surface area contributed by atoms with Gasteiger partial charge in [0.2, 0.25) is 0 Å². The fourth-order valence-corrected chi connectivity index (χ4v) is 3.14. The fraction of sp³-hybridized carbons (Fsp3) is 0.333. The van der Waals surface area contributed by atoms with Gasteiger partial charge in [0.05, 0.1) is 12.0 Å². The van der Waals surface area contributed by atoms with Crippen LogP contribution >= 0.6 is 0 Å². The summed E-state index contributed by atoms with van der Waals surface area (Å²) in [4.78, 5) is 29.3. The van der Waals surface area contributed by atoms with Gasteiger partial charge in [0.15, 0.2) is 5.65 Å². The number of aromatic nitrogens is 3. The van der Waals surface area contributed by atoms with Crippen LogP contribution in [0, 0.1) is 17.2 Å². The summed E-state index contributed by atoms with van der Waals surface area (Å²) in [5.41, 5.74) is 6.16. The molecule has 0 fully saturated rings. The van der Waals surface area contributed by atoms with Gasteiger partial charge in [-0.3, -0.25) is 13.9 Å². The summed E-state index contributed by atoms with van der Waals surface area (Å²) < 4.78 is 7.99. The molecule has 0 unspecified atom stereocenters. The molecule has 2 N–H and O–H groups in total. The van der Waals surface area contributed by atoms with Crippen molar-refractivity contribution in [2.75, 3.05) is 12.3 Å². The van der Waals surface area contributed by atoms with Crippen molar-refractivity contribution in [3.05, 3.63) is 50.7 Å². The molecule has 0 aliphatic carbocycles. The summed E-state index contributed by atoms with van der Waals surface area (Å²) in [5, 5.41) is 9.83. The van der Waals surface area contributed by atoms with Crippen molar-refractivity contribution in [1.82, 2.24) is 14.1 Å². The molecule has 2 aromatic heterocycles. The van der Waals surface area contributed by atoms with Gasteiger partial charge in [0.1, 0.15) is 23.2 Å². The Morgan fingerprint density at radius 1 is 1.17 bits per heavy atom. The van der Waals surface area contributed by atoms with E-state index in [1.807, 2.05) is 6.07 Å². The van der Waals surface area contributed by atoms with E-state index in [1.54, 1.807) is 24.3 Å². The summed E-state index contributed by atoms with van der Waals surface area (Å²) in [6.07, 6.45) is 0.940. The molecule has 8 heteroatoms. The van der Waals surface area contributed by atoms with Gasteiger partial charge in [-0.15, -0.1) is 0 Å². The van der Waals surface area contributed by atoms with E-state index in [0.29, 0.717) is 29.4 Å². The molecule has 3 rings (SSSR count). The zero-order valence-electron chi connectivity index (χ0n) is 16.9. The molecule has 2 heterocycles. The van der Waals surface area contributed by atoms with E-state index in [9.17, 15) is 14.9 Å². The number of hydrogen-bond acceptors (Lipinski definition) is 6. The van der Waals surface area contributed by atoms with Gasteiger partial charge in [-0.05, 0) is 30.0 Å². The number of fused-ring (bicyclic) bond motifs is 1. The first-order chi connectivity index (χ1) is 13.8. The Bertz CT molecular complexity index is 1230. The van der Waals surface area contributed by atoms with Gasteiger partial charge < -0.3 is 10.5 Å². The minimum atomic E-state index is -0.528. The summed E-state index contributed by atoms with van der Waals surface area (Å²) in [6.45, 7) is 4.86. The van der Waals surface area contributed by atoms with Crippen molar-refractivity contribution in [1.29, 1.82) is 5.26 Å². The Morgan fingerprint density at radius 3 is 2.41 bits per heavy atom. The summed E-state index contributed by atoms with van der Waals surface area (Å²) in [6, 6.07) is 9.15.